The first-order valence-corrected chi connectivity index (χ1v) is 15.6. The molecule has 0 unspecified atom stereocenters. The van der Waals surface area contributed by atoms with Crippen molar-refractivity contribution in [3.8, 4) is 5.06 Å². The van der Waals surface area contributed by atoms with Gasteiger partial charge in [0.2, 0.25) is 0 Å². The second-order valence-corrected chi connectivity index (χ2v) is 12.7. The van der Waals surface area contributed by atoms with Crippen LogP contribution >= 0.6 is 11.3 Å². The van der Waals surface area contributed by atoms with Crippen LogP contribution in [0.15, 0.2) is 59.3 Å². The maximum absolute atomic E-state index is 14.4. The number of ether oxygens (including phenoxy) is 1. The molecule has 2 aromatic carbocycles. The Morgan fingerprint density at radius 3 is 2.49 bits per heavy atom. The maximum Gasteiger partial charge on any atom is 0.414 e. The van der Waals surface area contributed by atoms with Crippen LogP contribution in [0.1, 0.15) is 45.9 Å². The Bertz CT molecular complexity index is 1960. The van der Waals surface area contributed by atoms with Crippen LogP contribution < -0.4 is 25.6 Å². The van der Waals surface area contributed by atoms with Crippen LogP contribution in [-0.4, -0.2) is 71.4 Å². The summed E-state index contributed by atoms with van der Waals surface area (Å²) in [5, 5.41) is 19.8. The van der Waals surface area contributed by atoms with Crippen molar-refractivity contribution in [1.82, 2.24) is 25.6 Å². The number of H-pyrrole nitrogens is 1. The van der Waals surface area contributed by atoms with E-state index in [1.807, 2.05) is 6.07 Å². The molecule has 3 amide bonds. The number of carbonyl (C=O) groups is 3. The molecular formula is C32H33FN8O5S. The van der Waals surface area contributed by atoms with E-state index in [0.717, 1.165) is 43.2 Å². The molecule has 1 aliphatic rings. The van der Waals surface area contributed by atoms with Gasteiger partial charge in [-0.2, -0.15) is 5.10 Å². The molecule has 0 bridgehead atoms. The number of nitrogens with zero attached hydrogens (tertiary/aromatic N) is 4. The number of anilines is 3. The van der Waals surface area contributed by atoms with Crippen LogP contribution in [0.2, 0.25) is 0 Å². The smallest absolute Gasteiger partial charge is 0.399 e. The van der Waals surface area contributed by atoms with Gasteiger partial charge in [-0.1, -0.05) is 34.7 Å². The van der Waals surface area contributed by atoms with Crippen molar-refractivity contribution in [3.05, 3.63) is 83.0 Å². The highest BCUT2D eigenvalue weighted by atomic mass is 32.1. The summed E-state index contributed by atoms with van der Waals surface area (Å²) in [6.07, 6.45) is 0.552. The average molecular weight is 661 g/mol. The predicted molar refractivity (Wildman–Crippen MR) is 176 cm³/mol. The van der Waals surface area contributed by atoms with Gasteiger partial charge in [-0.25, -0.2) is 9.18 Å². The molecule has 244 valence electrons. The molecule has 0 radical (unpaired) electrons. The molecule has 0 spiro atoms. The summed E-state index contributed by atoms with van der Waals surface area (Å²) in [7, 11) is 2.07. The molecule has 13 nitrogen and oxygen atoms in total. The number of nitrogens with one attached hydrogen (secondary N) is 4. The monoisotopic (exact) mass is 660 g/mol. The number of fused-ring (bicyclic) bond motifs is 1. The van der Waals surface area contributed by atoms with Crippen molar-refractivity contribution in [3.63, 3.8) is 0 Å². The van der Waals surface area contributed by atoms with Gasteiger partial charge in [0.25, 0.3) is 11.8 Å². The van der Waals surface area contributed by atoms with Crippen molar-refractivity contribution in [1.29, 1.82) is 0 Å². The summed E-state index contributed by atoms with van der Waals surface area (Å²) in [5.41, 5.74) is 0.907. The van der Waals surface area contributed by atoms with Gasteiger partial charge in [-0.15, -0.1) is 0 Å². The van der Waals surface area contributed by atoms with Gasteiger partial charge in [0, 0.05) is 43.5 Å². The highest BCUT2D eigenvalue weighted by Crippen LogP contribution is 2.35. The molecule has 0 aliphatic carbocycles. The van der Waals surface area contributed by atoms with E-state index in [9.17, 15) is 18.8 Å². The van der Waals surface area contributed by atoms with Gasteiger partial charge in [-0.05, 0) is 52.1 Å². The first-order chi connectivity index (χ1) is 22.5. The Balaban J connectivity index is 1.20. The molecule has 3 aromatic heterocycles. The molecule has 47 heavy (non-hydrogen) atoms. The predicted octanol–water partition coefficient (Wildman–Crippen LogP) is 5.34. The number of halogens is 1. The Morgan fingerprint density at radius 2 is 1.77 bits per heavy atom. The maximum atomic E-state index is 14.4. The van der Waals surface area contributed by atoms with Crippen LogP contribution in [0.25, 0.3) is 10.2 Å². The molecule has 1 aliphatic heterocycles. The number of carbonyl (C=O) groups excluding carboxylic acids is 3. The number of thiophene rings is 1. The summed E-state index contributed by atoms with van der Waals surface area (Å²) in [4.78, 5) is 44.5. The lowest BCUT2D eigenvalue weighted by atomic mass is 9.94. The molecule has 0 saturated carbocycles. The Hall–Kier alpha value is -5.28. The van der Waals surface area contributed by atoms with Gasteiger partial charge >= 0.3 is 6.09 Å². The van der Waals surface area contributed by atoms with Crippen LogP contribution in [0, 0.1) is 12.7 Å². The normalized spacial score (nSPS) is 13.9. The van der Waals surface area contributed by atoms with Crippen molar-refractivity contribution in [2.24, 2.45) is 0 Å². The van der Waals surface area contributed by atoms with Crippen LogP contribution in [0.3, 0.4) is 0 Å². The molecule has 15 heteroatoms. The van der Waals surface area contributed by atoms with Gasteiger partial charge in [-0.3, -0.25) is 14.7 Å². The third-order valence-corrected chi connectivity index (χ3v) is 8.90. The second-order valence-electron chi connectivity index (χ2n) is 11.7. The van der Waals surface area contributed by atoms with Gasteiger partial charge < -0.3 is 35.0 Å². The molecule has 4 heterocycles. The van der Waals surface area contributed by atoms with E-state index in [1.165, 1.54) is 12.3 Å². The van der Waals surface area contributed by atoms with Crippen LogP contribution in [0.5, 0.6) is 5.06 Å². The lowest BCUT2D eigenvalue weighted by Gasteiger charge is -2.34. The quantitative estimate of drug-likeness (QED) is 0.172. The van der Waals surface area contributed by atoms with Gasteiger partial charge in [0.1, 0.15) is 22.0 Å². The zero-order valence-corrected chi connectivity index (χ0v) is 27.0. The first-order valence-electron chi connectivity index (χ1n) is 14.8. The minimum Gasteiger partial charge on any atom is -0.399 e. The third-order valence-electron chi connectivity index (χ3n) is 7.98. The highest BCUT2D eigenvalue weighted by Gasteiger charge is 2.28. The highest BCUT2D eigenvalue weighted by molar-refractivity contribution is 7.20. The van der Waals surface area contributed by atoms with Crippen molar-refractivity contribution in [2.45, 2.75) is 26.3 Å². The summed E-state index contributed by atoms with van der Waals surface area (Å²) < 4.78 is 24.9. The zero-order chi connectivity index (χ0) is 33.3. The number of benzene rings is 2. The van der Waals surface area contributed by atoms with Gasteiger partial charge in [0.15, 0.2) is 10.9 Å². The summed E-state index contributed by atoms with van der Waals surface area (Å²) in [6.45, 7) is 8.34. The number of rotatable bonds is 8. The Morgan fingerprint density at radius 1 is 1.02 bits per heavy atom. The third kappa shape index (κ3) is 6.80. The minimum absolute atomic E-state index is 0.207. The number of piperazine rings is 1. The van der Waals surface area contributed by atoms with E-state index in [-0.39, 0.29) is 22.0 Å². The lowest BCUT2D eigenvalue weighted by molar-refractivity contribution is 0.102. The topological polar surface area (TPSA) is 158 Å². The first kappa shape index (κ1) is 31.7. The molecule has 4 N–H and O–H groups in total. The fourth-order valence-electron chi connectivity index (χ4n) is 5.32. The number of likely N-dealkylation sites (N-methyl/N-ethyl adjacent to an activating group) is 1. The number of hydrogen-bond acceptors (Lipinski definition) is 10. The van der Waals surface area contributed by atoms with E-state index < -0.39 is 29.3 Å². The molecule has 5 aromatic rings. The number of aryl methyl sites for hydroxylation is 1. The SMILES string of the molecule is Cc1oncc1C(=O)Nc1cc(N2CCN(C)CC2)ccc1C(=O)Nc1n[nH]c2sc(OC(=O)NC(C)(C)c3ccccc3F)cc12. The Labute approximate surface area is 273 Å². The molecule has 1 saturated heterocycles. The van der Waals surface area contributed by atoms with Gasteiger partial charge in [0.05, 0.1) is 28.4 Å². The second kappa shape index (κ2) is 12.8. The lowest BCUT2D eigenvalue weighted by Crippen LogP contribution is -2.44. The van der Waals surface area contributed by atoms with E-state index in [2.05, 4.69) is 48.2 Å². The number of hydrogen-bond donors (Lipinski definition) is 4. The van der Waals surface area contributed by atoms with E-state index in [0.29, 0.717) is 27.2 Å². The van der Waals surface area contributed by atoms with Crippen molar-refractivity contribution >= 4 is 56.7 Å². The van der Waals surface area contributed by atoms with Crippen LogP contribution in [0.4, 0.5) is 26.4 Å². The van der Waals surface area contributed by atoms with Crippen molar-refractivity contribution < 1.29 is 28.0 Å². The molecule has 1 fully saturated rings. The molecular weight excluding hydrogens is 627 g/mol. The molecule has 0 atom stereocenters. The average Bonchev–Trinajstić information content (AvgIpc) is 3.74. The zero-order valence-electron chi connectivity index (χ0n) is 26.1. The van der Waals surface area contributed by atoms with E-state index in [4.69, 9.17) is 9.26 Å². The Kier molecular flexibility index (Phi) is 8.66. The van der Waals surface area contributed by atoms with E-state index in [1.54, 1.807) is 57.2 Å². The standard InChI is InChI=1S/C32H33FN8O5S/c1-18-22(17-34-46-18)29(43)35-25-15-19(41-13-11-40(4)12-14-41)9-10-20(25)28(42)36-27-21-16-26(47-30(21)39-38-27)45-31(44)37-32(2,3)23-7-5-6-8-24(23)33/h5-10,15-17H,11-14H2,1-4H3,(H,35,43)(H,37,44)(H2,36,38,39,42). The number of aromatic nitrogens is 3. The minimum atomic E-state index is -1.04. The van der Waals surface area contributed by atoms with Crippen molar-refractivity contribution in [2.75, 3.05) is 48.8 Å². The number of aromatic amines is 1. The fraction of sp³-hybridized carbons (Fsp3) is 0.281. The summed E-state index contributed by atoms with van der Waals surface area (Å²) >= 11 is 1.12. The summed E-state index contributed by atoms with van der Waals surface area (Å²) in [6, 6.07) is 13.0. The fourth-order valence-corrected chi connectivity index (χ4v) is 6.18. The molecule has 6 rings (SSSR count). The largest absolute Gasteiger partial charge is 0.414 e. The van der Waals surface area contributed by atoms with Crippen LogP contribution in [-0.2, 0) is 5.54 Å². The number of amides is 3. The van der Waals surface area contributed by atoms with E-state index >= 15 is 0 Å². The summed E-state index contributed by atoms with van der Waals surface area (Å²) in [5.74, 6) is -0.870.